The minimum absolute atomic E-state index is 0.0143. The topological polar surface area (TPSA) is 94.4 Å². The van der Waals surface area contributed by atoms with Crippen molar-refractivity contribution >= 4 is 29.1 Å². The molecular weight excluding hydrogens is 344 g/mol. The van der Waals surface area contributed by atoms with Crippen LogP contribution in [0.1, 0.15) is 31.2 Å². The number of hydroxylamine groups is 2. The molecule has 2 amide bonds. The fourth-order valence-electron chi connectivity index (χ4n) is 2.41. The lowest BCUT2D eigenvalue weighted by molar-refractivity contribution is -0.0587. The van der Waals surface area contributed by atoms with Crippen LogP contribution in [-0.4, -0.2) is 37.6 Å². The van der Waals surface area contributed by atoms with Gasteiger partial charge >= 0.3 is 5.97 Å². The van der Waals surface area contributed by atoms with Crippen LogP contribution < -0.4 is 0 Å². The number of hydrogen-bond acceptors (Lipinski definition) is 7. The van der Waals surface area contributed by atoms with Gasteiger partial charge in [-0.05, 0) is 12.1 Å². The molecule has 124 valence electrons. The van der Waals surface area contributed by atoms with Crippen LogP contribution in [0.25, 0.3) is 10.6 Å². The molecule has 0 spiro atoms. The Morgan fingerprint density at radius 1 is 1.16 bits per heavy atom. The van der Waals surface area contributed by atoms with E-state index in [1.54, 1.807) is 36.3 Å². The molecule has 0 saturated carbocycles. The van der Waals surface area contributed by atoms with Gasteiger partial charge in [-0.25, -0.2) is 9.78 Å². The summed E-state index contributed by atoms with van der Waals surface area (Å²) in [5.41, 5.74) is 1.18. The lowest BCUT2D eigenvalue weighted by atomic mass is 10.1. The highest BCUT2D eigenvalue weighted by atomic mass is 32.1. The van der Waals surface area contributed by atoms with E-state index in [1.807, 2.05) is 0 Å². The maximum absolute atomic E-state index is 12.2. The fourth-order valence-corrected chi connectivity index (χ4v) is 3.18. The minimum Gasteiger partial charge on any atom is -0.322 e. The molecule has 1 aliphatic rings. The van der Waals surface area contributed by atoms with Gasteiger partial charge in [0.05, 0.1) is 17.3 Å². The first kappa shape index (κ1) is 15.2. The number of amides is 2. The van der Waals surface area contributed by atoms with E-state index >= 15 is 0 Å². The van der Waals surface area contributed by atoms with Crippen molar-refractivity contribution in [1.82, 2.24) is 19.8 Å². The summed E-state index contributed by atoms with van der Waals surface area (Å²) in [4.78, 5) is 45.8. The molecule has 9 heteroatoms. The summed E-state index contributed by atoms with van der Waals surface area (Å²) in [7, 11) is 1.77. The van der Waals surface area contributed by atoms with Crippen molar-refractivity contribution in [3.63, 3.8) is 0 Å². The predicted octanol–water partition coefficient (Wildman–Crippen LogP) is 1.91. The van der Waals surface area contributed by atoms with Gasteiger partial charge in [0.15, 0.2) is 5.69 Å². The Morgan fingerprint density at radius 3 is 2.44 bits per heavy atom. The summed E-state index contributed by atoms with van der Waals surface area (Å²) in [6.07, 6.45) is 3.39. The van der Waals surface area contributed by atoms with Crippen LogP contribution in [-0.2, 0) is 11.9 Å². The van der Waals surface area contributed by atoms with Crippen molar-refractivity contribution in [1.29, 1.82) is 0 Å². The third-order valence-electron chi connectivity index (χ3n) is 3.60. The van der Waals surface area contributed by atoms with E-state index in [-0.39, 0.29) is 16.8 Å². The van der Waals surface area contributed by atoms with Crippen LogP contribution in [0.3, 0.4) is 0 Å². The Labute approximate surface area is 145 Å². The average Bonchev–Trinajstić information content (AvgIpc) is 3.31. The first-order valence-corrected chi connectivity index (χ1v) is 8.07. The van der Waals surface area contributed by atoms with E-state index in [4.69, 9.17) is 4.84 Å². The Morgan fingerprint density at radius 2 is 1.84 bits per heavy atom. The zero-order valence-corrected chi connectivity index (χ0v) is 13.7. The second-order valence-corrected chi connectivity index (χ2v) is 6.13. The quantitative estimate of drug-likeness (QED) is 0.667. The maximum Gasteiger partial charge on any atom is 0.383 e. The molecule has 4 rings (SSSR count). The lowest BCUT2D eigenvalue weighted by Gasteiger charge is -2.11. The summed E-state index contributed by atoms with van der Waals surface area (Å²) >= 11 is 1.24. The van der Waals surface area contributed by atoms with Crippen LogP contribution >= 0.6 is 11.3 Å². The Bertz CT molecular complexity index is 988. The number of benzene rings is 1. The van der Waals surface area contributed by atoms with Crippen molar-refractivity contribution in [2.24, 2.45) is 7.05 Å². The largest absolute Gasteiger partial charge is 0.383 e. The van der Waals surface area contributed by atoms with Crippen molar-refractivity contribution in [3.8, 4) is 10.6 Å². The molecule has 0 atom stereocenters. The van der Waals surface area contributed by atoms with Gasteiger partial charge in [-0.2, -0.15) is 5.10 Å². The van der Waals surface area contributed by atoms with Gasteiger partial charge < -0.3 is 4.84 Å². The number of rotatable bonds is 3. The van der Waals surface area contributed by atoms with E-state index in [2.05, 4.69) is 10.1 Å². The van der Waals surface area contributed by atoms with Crippen LogP contribution in [0, 0.1) is 0 Å². The number of imide groups is 1. The summed E-state index contributed by atoms with van der Waals surface area (Å²) in [5.74, 6) is -2.21. The monoisotopic (exact) mass is 354 g/mol. The minimum atomic E-state index is -0.874. The molecular formula is C16H10N4O4S. The molecule has 2 aromatic heterocycles. The van der Waals surface area contributed by atoms with Crippen LogP contribution in [0.5, 0.6) is 0 Å². The molecule has 8 nitrogen and oxygen atoms in total. The predicted molar refractivity (Wildman–Crippen MR) is 86.7 cm³/mol. The molecule has 0 N–H and O–H groups in total. The fraction of sp³-hybridized carbons (Fsp3) is 0.0625. The van der Waals surface area contributed by atoms with Gasteiger partial charge in [0.1, 0.15) is 5.01 Å². The van der Waals surface area contributed by atoms with Crippen molar-refractivity contribution in [2.45, 2.75) is 0 Å². The standard InChI is InChI=1S/C16H10N4O4S/c1-19-7-9(6-17-19)13-18-12(8-25-13)16(23)24-20-14(21)10-4-2-3-5-11(10)15(20)22/h2-8H,1H3. The molecule has 0 fully saturated rings. The highest BCUT2D eigenvalue weighted by molar-refractivity contribution is 7.13. The SMILES string of the molecule is Cn1cc(-c2nc(C(=O)ON3C(=O)c4ccccc4C3=O)cs2)cn1. The number of aryl methyl sites for hydroxylation is 1. The van der Waals surface area contributed by atoms with Gasteiger partial charge in [0, 0.05) is 24.2 Å². The summed E-state index contributed by atoms with van der Waals surface area (Å²) < 4.78 is 1.62. The van der Waals surface area contributed by atoms with E-state index in [0.717, 1.165) is 5.56 Å². The van der Waals surface area contributed by atoms with Crippen molar-refractivity contribution in [3.05, 3.63) is 58.9 Å². The number of nitrogens with zero attached hydrogens (tertiary/aromatic N) is 4. The first-order chi connectivity index (χ1) is 12.0. The number of hydrogen-bond donors (Lipinski definition) is 0. The number of carbonyl (C=O) groups is 3. The smallest absolute Gasteiger partial charge is 0.322 e. The number of aromatic nitrogens is 3. The molecule has 25 heavy (non-hydrogen) atoms. The first-order valence-electron chi connectivity index (χ1n) is 7.19. The lowest BCUT2D eigenvalue weighted by Crippen LogP contribution is -2.32. The zero-order valence-electron chi connectivity index (χ0n) is 12.9. The van der Waals surface area contributed by atoms with Gasteiger partial charge in [0.2, 0.25) is 0 Å². The molecule has 1 aliphatic heterocycles. The van der Waals surface area contributed by atoms with E-state index in [1.165, 1.54) is 28.8 Å². The third kappa shape index (κ3) is 2.50. The average molecular weight is 354 g/mol. The Hall–Kier alpha value is -3.33. The van der Waals surface area contributed by atoms with E-state index in [9.17, 15) is 14.4 Å². The summed E-state index contributed by atoms with van der Waals surface area (Å²) in [6.45, 7) is 0. The van der Waals surface area contributed by atoms with E-state index in [0.29, 0.717) is 10.1 Å². The Kier molecular flexibility index (Phi) is 3.43. The maximum atomic E-state index is 12.2. The molecule has 0 unspecified atom stereocenters. The van der Waals surface area contributed by atoms with Gasteiger partial charge in [-0.15, -0.1) is 11.3 Å². The second kappa shape index (κ2) is 5.64. The Balaban J connectivity index is 1.55. The molecule has 0 saturated heterocycles. The van der Waals surface area contributed by atoms with Crippen LogP contribution in [0.4, 0.5) is 0 Å². The highest BCUT2D eigenvalue weighted by Crippen LogP contribution is 2.26. The third-order valence-corrected chi connectivity index (χ3v) is 4.49. The summed E-state index contributed by atoms with van der Waals surface area (Å²) in [6, 6.07) is 6.28. The molecule has 1 aromatic carbocycles. The molecule has 0 radical (unpaired) electrons. The molecule has 0 bridgehead atoms. The van der Waals surface area contributed by atoms with Gasteiger partial charge in [-0.3, -0.25) is 14.3 Å². The normalized spacial score (nSPS) is 13.2. The van der Waals surface area contributed by atoms with Crippen molar-refractivity contribution < 1.29 is 19.2 Å². The highest BCUT2D eigenvalue weighted by Gasteiger charge is 2.39. The molecule has 0 aliphatic carbocycles. The van der Waals surface area contributed by atoms with Crippen LogP contribution in [0.2, 0.25) is 0 Å². The van der Waals surface area contributed by atoms with E-state index < -0.39 is 17.8 Å². The number of thiazole rings is 1. The number of carbonyl (C=O) groups excluding carboxylic acids is 3. The number of fused-ring (bicyclic) bond motifs is 1. The van der Waals surface area contributed by atoms with Gasteiger partial charge in [-0.1, -0.05) is 17.2 Å². The second-order valence-electron chi connectivity index (χ2n) is 5.27. The van der Waals surface area contributed by atoms with Gasteiger partial charge in [0.25, 0.3) is 11.8 Å². The zero-order chi connectivity index (χ0) is 17.6. The molecule has 3 heterocycles. The van der Waals surface area contributed by atoms with Crippen molar-refractivity contribution in [2.75, 3.05) is 0 Å². The summed E-state index contributed by atoms with van der Waals surface area (Å²) in [5, 5.41) is 6.60. The molecule has 3 aromatic rings. The van der Waals surface area contributed by atoms with Crippen LogP contribution in [0.15, 0.2) is 42.0 Å².